The molecule has 0 bridgehead atoms. The van der Waals surface area contributed by atoms with Crippen LogP contribution in [0.2, 0.25) is 0 Å². The summed E-state index contributed by atoms with van der Waals surface area (Å²) in [7, 11) is 1.91. The Morgan fingerprint density at radius 2 is 2.08 bits per heavy atom. The van der Waals surface area contributed by atoms with Crippen LogP contribution in [0.15, 0.2) is 33.9 Å². The van der Waals surface area contributed by atoms with Crippen LogP contribution >= 0.6 is 11.8 Å². The van der Waals surface area contributed by atoms with E-state index in [-0.39, 0.29) is 6.10 Å². The van der Waals surface area contributed by atoms with Crippen LogP contribution < -0.4 is 9.47 Å². The Bertz CT molecular complexity index is 878. The standard InChI is InChI=1S/C16H17N5O3S/c1-3-13-17-14(24-20-13)9-25-16-19-18-15(21(16)2)12-8-22-10-6-4-5-7-11(10)23-12/h4-7,12H,3,8-9H2,1-2H3. The predicted octanol–water partition coefficient (Wildman–Crippen LogP) is 2.57. The SMILES string of the molecule is CCc1noc(CSc2nnc(C3COc4ccccc4O3)n2C)n1. The maximum absolute atomic E-state index is 5.99. The Hall–Kier alpha value is -2.55. The van der Waals surface area contributed by atoms with Gasteiger partial charge in [-0.15, -0.1) is 10.2 Å². The zero-order chi connectivity index (χ0) is 17.2. The number of hydrogen-bond acceptors (Lipinski definition) is 8. The number of benzene rings is 1. The van der Waals surface area contributed by atoms with Crippen molar-refractivity contribution in [2.24, 2.45) is 7.05 Å². The van der Waals surface area contributed by atoms with Gasteiger partial charge in [-0.2, -0.15) is 4.98 Å². The molecule has 2 aromatic heterocycles. The van der Waals surface area contributed by atoms with Crippen molar-refractivity contribution in [3.8, 4) is 11.5 Å². The molecule has 3 heterocycles. The van der Waals surface area contributed by atoms with E-state index >= 15 is 0 Å². The molecule has 0 saturated carbocycles. The molecule has 1 aliphatic rings. The summed E-state index contributed by atoms with van der Waals surface area (Å²) in [5, 5.41) is 13.2. The van der Waals surface area contributed by atoms with Crippen molar-refractivity contribution in [2.45, 2.75) is 30.4 Å². The van der Waals surface area contributed by atoms with E-state index in [2.05, 4.69) is 20.3 Å². The van der Waals surface area contributed by atoms with Gasteiger partial charge in [-0.05, 0) is 12.1 Å². The van der Waals surface area contributed by atoms with Crippen molar-refractivity contribution in [1.82, 2.24) is 24.9 Å². The van der Waals surface area contributed by atoms with Gasteiger partial charge in [0.1, 0.15) is 6.61 Å². The second-order valence-corrected chi connectivity index (χ2v) is 6.45. The van der Waals surface area contributed by atoms with Crippen LogP contribution in [0.1, 0.15) is 30.6 Å². The fourth-order valence-electron chi connectivity index (χ4n) is 2.50. The first kappa shape index (κ1) is 15.9. The fourth-order valence-corrected chi connectivity index (χ4v) is 3.25. The van der Waals surface area contributed by atoms with E-state index < -0.39 is 0 Å². The van der Waals surface area contributed by atoms with Gasteiger partial charge >= 0.3 is 0 Å². The lowest BCUT2D eigenvalue weighted by Gasteiger charge is -2.25. The van der Waals surface area contributed by atoms with E-state index in [1.807, 2.05) is 42.8 Å². The minimum Gasteiger partial charge on any atom is -0.485 e. The summed E-state index contributed by atoms with van der Waals surface area (Å²) in [5.74, 6) is 4.02. The minimum absolute atomic E-state index is 0.295. The molecule has 1 aromatic carbocycles. The lowest BCUT2D eigenvalue weighted by Crippen LogP contribution is -2.24. The number of para-hydroxylation sites is 2. The molecule has 1 unspecified atom stereocenters. The van der Waals surface area contributed by atoms with Crippen LogP contribution in [0.3, 0.4) is 0 Å². The lowest BCUT2D eigenvalue weighted by atomic mass is 10.2. The van der Waals surface area contributed by atoms with Crippen molar-refractivity contribution in [3.05, 3.63) is 41.8 Å². The zero-order valence-corrected chi connectivity index (χ0v) is 14.7. The van der Waals surface area contributed by atoms with E-state index in [0.29, 0.717) is 29.8 Å². The molecule has 1 aliphatic heterocycles. The highest BCUT2D eigenvalue weighted by molar-refractivity contribution is 7.98. The van der Waals surface area contributed by atoms with Crippen LogP contribution in [0, 0.1) is 0 Å². The maximum Gasteiger partial charge on any atom is 0.237 e. The molecule has 0 fully saturated rings. The molecule has 3 aromatic rings. The molecule has 9 heteroatoms. The summed E-state index contributed by atoms with van der Waals surface area (Å²) in [5.41, 5.74) is 0. The smallest absolute Gasteiger partial charge is 0.237 e. The molecule has 130 valence electrons. The van der Waals surface area contributed by atoms with Gasteiger partial charge in [0.25, 0.3) is 0 Å². The Labute approximate surface area is 148 Å². The molecule has 8 nitrogen and oxygen atoms in total. The average Bonchev–Trinajstić information content (AvgIpc) is 3.26. The summed E-state index contributed by atoms with van der Waals surface area (Å²) in [6.07, 6.45) is 0.458. The topological polar surface area (TPSA) is 88.1 Å². The Morgan fingerprint density at radius 3 is 2.88 bits per heavy atom. The first-order valence-corrected chi connectivity index (χ1v) is 8.95. The van der Waals surface area contributed by atoms with Crippen LogP contribution in [0.25, 0.3) is 0 Å². The third-order valence-electron chi connectivity index (χ3n) is 3.82. The summed E-state index contributed by atoms with van der Waals surface area (Å²) < 4.78 is 18.8. The van der Waals surface area contributed by atoms with Crippen molar-refractivity contribution in [3.63, 3.8) is 0 Å². The van der Waals surface area contributed by atoms with Crippen LogP contribution in [-0.2, 0) is 19.2 Å². The Kier molecular flexibility index (Phi) is 4.31. The van der Waals surface area contributed by atoms with E-state index in [1.54, 1.807) is 0 Å². The molecule has 25 heavy (non-hydrogen) atoms. The molecule has 0 N–H and O–H groups in total. The van der Waals surface area contributed by atoms with Gasteiger partial charge in [-0.1, -0.05) is 36.0 Å². The van der Waals surface area contributed by atoms with Crippen molar-refractivity contribution in [1.29, 1.82) is 0 Å². The number of thioether (sulfide) groups is 1. The maximum atomic E-state index is 5.99. The highest BCUT2D eigenvalue weighted by atomic mass is 32.2. The van der Waals surface area contributed by atoms with Gasteiger partial charge in [-0.25, -0.2) is 0 Å². The molecule has 0 amide bonds. The first-order chi connectivity index (χ1) is 12.2. The molecule has 4 rings (SSSR count). The monoisotopic (exact) mass is 359 g/mol. The number of ether oxygens (including phenoxy) is 2. The summed E-state index contributed by atoms with van der Waals surface area (Å²) in [4.78, 5) is 4.29. The lowest BCUT2D eigenvalue weighted by molar-refractivity contribution is 0.0825. The highest BCUT2D eigenvalue weighted by Gasteiger charge is 2.27. The van der Waals surface area contributed by atoms with Gasteiger partial charge in [-0.3, -0.25) is 0 Å². The highest BCUT2D eigenvalue weighted by Crippen LogP contribution is 2.35. The molecule has 0 radical (unpaired) electrons. The molecular formula is C16H17N5O3S. The molecule has 0 saturated heterocycles. The van der Waals surface area contributed by atoms with Crippen LogP contribution in [-0.4, -0.2) is 31.5 Å². The summed E-state index contributed by atoms with van der Waals surface area (Å²) in [6.45, 7) is 2.39. The fraction of sp³-hybridized carbons (Fsp3) is 0.375. The normalized spacial score (nSPS) is 16.2. The van der Waals surface area contributed by atoms with Crippen LogP contribution in [0.5, 0.6) is 11.5 Å². The van der Waals surface area contributed by atoms with E-state index in [4.69, 9.17) is 14.0 Å². The van der Waals surface area contributed by atoms with Crippen molar-refractivity contribution in [2.75, 3.05) is 6.61 Å². The van der Waals surface area contributed by atoms with Crippen molar-refractivity contribution >= 4 is 11.8 Å². The number of fused-ring (bicyclic) bond motifs is 1. The Morgan fingerprint density at radius 1 is 1.24 bits per heavy atom. The zero-order valence-electron chi connectivity index (χ0n) is 13.9. The van der Waals surface area contributed by atoms with Gasteiger partial charge < -0.3 is 18.6 Å². The second-order valence-electron chi connectivity index (χ2n) is 5.51. The molecule has 0 spiro atoms. The summed E-state index contributed by atoms with van der Waals surface area (Å²) in [6, 6.07) is 7.60. The Balaban J connectivity index is 1.46. The predicted molar refractivity (Wildman–Crippen MR) is 89.5 cm³/mol. The van der Waals surface area contributed by atoms with Gasteiger partial charge in [0.05, 0.1) is 5.75 Å². The van der Waals surface area contributed by atoms with Crippen LogP contribution in [0.4, 0.5) is 0 Å². The molecule has 0 aliphatic carbocycles. The minimum atomic E-state index is -0.295. The third kappa shape index (κ3) is 3.19. The average molecular weight is 359 g/mol. The quantitative estimate of drug-likeness (QED) is 0.642. The van der Waals surface area contributed by atoms with Gasteiger partial charge in [0, 0.05) is 13.5 Å². The molecular weight excluding hydrogens is 342 g/mol. The van der Waals surface area contributed by atoms with E-state index in [9.17, 15) is 0 Å². The van der Waals surface area contributed by atoms with Gasteiger partial charge in [0.2, 0.25) is 5.89 Å². The second kappa shape index (κ2) is 6.75. The number of nitrogens with zero attached hydrogens (tertiary/aromatic N) is 5. The largest absolute Gasteiger partial charge is 0.485 e. The summed E-state index contributed by atoms with van der Waals surface area (Å²) >= 11 is 1.49. The number of aromatic nitrogens is 5. The van der Waals surface area contributed by atoms with E-state index in [1.165, 1.54) is 11.8 Å². The van der Waals surface area contributed by atoms with Gasteiger partial charge in [0.15, 0.2) is 34.4 Å². The number of aryl methyl sites for hydroxylation is 1. The molecule has 1 atom stereocenters. The number of rotatable bonds is 5. The number of hydrogen-bond donors (Lipinski definition) is 0. The van der Waals surface area contributed by atoms with E-state index in [0.717, 1.165) is 23.2 Å². The van der Waals surface area contributed by atoms with Crippen molar-refractivity contribution < 1.29 is 14.0 Å². The first-order valence-electron chi connectivity index (χ1n) is 7.96. The third-order valence-corrected chi connectivity index (χ3v) is 4.82.